The standard InChI is InChI=1S/C13H22N2O2S/c1-9(2)5-6-14-12(16)11-7-18-8-15(11)13(17)10-3-4-10/h9-11H,3-8H2,1-2H3,(H,14,16). The average molecular weight is 270 g/mol. The van der Waals surface area contributed by atoms with Gasteiger partial charge < -0.3 is 10.2 Å². The van der Waals surface area contributed by atoms with E-state index in [0.717, 1.165) is 25.0 Å². The Bertz CT molecular complexity index is 329. The maximum atomic E-state index is 12.1. The van der Waals surface area contributed by atoms with Crippen molar-refractivity contribution in [2.45, 2.75) is 39.2 Å². The van der Waals surface area contributed by atoms with Crippen LogP contribution in [0, 0.1) is 11.8 Å². The first kappa shape index (κ1) is 13.7. The summed E-state index contributed by atoms with van der Waals surface area (Å²) in [7, 11) is 0. The lowest BCUT2D eigenvalue weighted by atomic mass is 10.1. The maximum Gasteiger partial charge on any atom is 0.243 e. The molecule has 4 nitrogen and oxygen atoms in total. The first-order valence-corrected chi connectivity index (χ1v) is 7.91. The molecule has 0 spiro atoms. The number of hydrogen-bond acceptors (Lipinski definition) is 3. The molecule has 1 aliphatic heterocycles. The van der Waals surface area contributed by atoms with Crippen molar-refractivity contribution in [3.63, 3.8) is 0 Å². The molecule has 1 saturated carbocycles. The minimum atomic E-state index is -0.240. The lowest BCUT2D eigenvalue weighted by molar-refractivity contribution is -0.139. The highest BCUT2D eigenvalue weighted by Crippen LogP contribution is 2.34. The number of carbonyl (C=O) groups excluding carboxylic acids is 2. The molecule has 2 aliphatic rings. The smallest absolute Gasteiger partial charge is 0.243 e. The predicted octanol–water partition coefficient (Wildman–Crippen LogP) is 1.46. The van der Waals surface area contributed by atoms with Crippen molar-refractivity contribution in [1.82, 2.24) is 10.2 Å². The zero-order chi connectivity index (χ0) is 13.1. The van der Waals surface area contributed by atoms with Crippen LogP contribution in [0.2, 0.25) is 0 Å². The van der Waals surface area contributed by atoms with Crippen LogP contribution in [0.4, 0.5) is 0 Å². The van der Waals surface area contributed by atoms with Gasteiger partial charge in [-0.15, -0.1) is 11.8 Å². The molecule has 0 aromatic heterocycles. The SMILES string of the molecule is CC(C)CCNC(=O)C1CSCN1C(=O)C1CC1. The normalized spacial score (nSPS) is 23.5. The largest absolute Gasteiger partial charge is 0.354 e. The predicted molar refractivity (Wildman–Crippen MR) is 73.1 cm³/mol. The van der Waals surface area contributed by atoms with Crippen LogP contribution in [0.15, 0.2) is 0 Å². The van der Waals surface area contributed by atoms with Crippen LogP contribution in [0.1, 0.15) is 33.1 Å². The fourth-order valence-electron chi connectivity index (χ4n) is 2.04. The van der Waals surface area contributed by atoms with Gasteiger partial charge in [-0.2, -0.15) is 0 Å². The second-order valence-corrected chi connectivity index (χ2v) is 6.57. The van der Waals surface area contributed by atoms with E-state index < -0.39 is 0 Å². The van der Waals surface area contributed by atoms with Gasteiger partial charge in [-0.25, -0.2) is 0 Å². The Balaban J connectivity index is 1.82. The number of hydrogen-bond donors (Lipinski definition) is 1. The van der Waals surface area contributed by atoms with Crippen LogP contribution in [0.3, 0.4) is 0 Å². The number of nitrogens with one attached hydrogen (secondary N) is 1. The quantitative estimate of drug-likeness (QED) is 0.823. The van der Waals surface area contributed by atoms with E-state index in [9.17, 15) is 9.59 Å². The Labute approximate surface area is 113 Å². The van der Waals surface area contributed by atoms with Crippen LogP contribution < -0.4 is 5.32 Å². The summed E-state index contributed by atoms with van der Waals surface area (Å²) in [4.78, 5) is 25.9. The molecule has 5 heteroatoms. The first-order chi connectivity index (χ1) is 8.59. The molecule has 1 N–H and O–H groups in total. The van der Waals surface area contributed by atoms with Gasteiger partial charge in [-0.05, 0) is 25.2 Å². The van der Waals surface area contributed by atoms with Crippen molar-refractivity contribution < 1.29 is 9.59 Å². The third-order valence-corrected chi connectivity index (χ3v) is 4.43. The van der Waals surface area contributed by atoms with Gasteiger partial charge in [0.2, 0.25) is 11.8 Å². The zero-order valence-electron chi connectivity index (χ0n) is 11.1. The Morgan fingerprint density at radius 3 is 2.72 bits per heavy atom. The van der Waals surface area contributed by atoms with Gasteiger partial charge in [0, 0.05) is 18.2 Å². The zero-order valence-corrected chi connectivity index (χ0v) is 12.0. The number of amides is 2. The molecule has 1 heterocycles. The summed E-state index contributed by atoms with van der Waals surface area (Å²) in [6, 6.07) is -0.240. The van der Waals surface area contributed by atoms with Crippen molar-refractivity contribution in [3.8, 4) is 0 Å². The van der Waals surface area contributed by atoms with E-state index in [4.69, 9.17) is 0 Å². The van der Waals surface area contributed by atoms with Gasteiger partial charge in [0.1, 0.15) is 6.04 Å². The molecule has 1 atom stereocenters. The Kier molecular flexibility index (Phi) is 4.54. The van der Waals surface area contributed by atoms with Crippen molar-refractivity contribution in [1.29, 1.82) is 0 Å². The van der Waals surface area contributed by atoms with Crippen molar-refractivity contribution in [2.75, 3.05) is 18.2 Å². The molecule has 18 heavy (non-hydrogen) atoms. The molecule has 0 radical (unpaired) electrons. The van der Waals surface area contributed by atoms with Crippen LogP contribution in [0.25, 0.3) is 0 Å². The minimum Gasteiger partial charge on any atom is -0.354 e. The molecule has 0 bridgehead atoms. The highest BCUT2D eigenvalue weighted by atomic mass is 32.2. The number of rotatable bonds is 5. The minimum absolute atomic E-state index is 0.0228. The Hall–Kier alpha value is -0.710. The fraction of sp³-hybridized carbons (Fsp3) is 0.846. The lowest BCUT2D eigenvalue weighted by Crippen LogP contribution is -2.48. The van der Waals surface area contributed by atoms with E-state index in [-0.39, 0.29) is 23.8 Å². The molecule has 0 aromatic rings. The Morgan fingerprint density at radius 1 is 1.39 bits per heavy atom. The van der Waals surface area contributed by atoms with E-state index >= 15 is 0 Å². The van der Waals surface area contributed by atoms with Gasteiger partial charge in [-0.3, -0.25) is 9.59 Å². The van der Waals surface area contributed by atoms with Gasteiger partial charge in [0.15, 0.2) is 0 Å². The summed E-state index contributed by atoms with van der Waals surface area (Å²) < 4.78 is 0. The molecule has 1 aliphatic carbocycles. The average Bonchev–Trinajstić information content (AvgIpc) is 3.04. The second-order valence-electron chi connectivity index (χ2n) is 5.57. The van der Waals surface area contributed by atoms with Crippen LogP contribution in [0.5, 0.6) is 0 Å². The van der Waals surface area contributed by atoms with E-state index in [1.54, 1.807) is 16.7 Å². The Morgan fingerprint density at radius 2 is 2.11 bits per heavy atom. The van der Waals surface area contributed by atoms with E-state index in [1.807, 2.05) is 0 Å². The molecular formula is C13H22N2O2S. The topological polar surface area (TPSA) is 49.4 Å². The van der Waals surface area contributed by atoms with Crippen molar-refractivity contribution in [3.05, 3.63) is 0 Å². The van der Waals surface area contributed by atoms with Crippen LogP contribution in [-0.2, 0) is 9.59 Å². The summed E-state index contributed by atoms with van der Waals surface area (Å²) >= 11 is 1.68. The lowest BCUT2D eigenvalue weighted by Gasteiger charge is -2.23. The summed E-state index contributed by atoms with van der Waals surface area (Å²) in [5.41, 5.74) is 0. The molecule has 1 unspecified atom stereocenters. The highest BCUT2D eigenvalue weighted by molar-refractivity contribution is 7.99. The molecule has 2 fully saturated rings. The molecule has 2 amide bonds. The van der Waals surface area contributed by atoms with Gasteiger partial charge in [0.25, 0.3) is 0 Å². The number of nitrogens with zero attached hydrogens (tertiary/aromatic N) is 1. The maximum absolute atomic E-state index is 12.1. The van der Waals surface area contributed by atoms with Crippen molar-refractivity contribution in [2.24, 2.45) is 11.8 Å². The molecule has 0 aromatic carbocycles. The van der Waals surface area contributed by atoms with Gasteiger partial charge in [-0.1, -0.05) is 13.8 Å². The molecular weight excluding hydrogens is 248 g/mol. The second kappa shape index (κ2) is 5.95. The van der Waals surface area contributed by atoms with E-state index in [2.05, 4.69) is 19.2 Å². The van der Waals surface area contributed by atoms with E-state index in [0.29, 0.717) is 18.3 Å². The first-order valence-electron chi connectivity index (χ1n) is 6.75. The third kappa shape index (κ3) is 3.40. The van der Waals surface area contributed by atoms with E-state index in [1.165, 1.54) is 0 Å². The molecule has 102 valence electrons. The molecule has 1 saturated heterocycles. The van der Waals surface area contributed by atoms with Crippen molar-refractivity contribution >= 4 is 23.6 Å². The highest BCUT2D eigenvalue weighted by Gasteiger charge is 2.41. The summed E-state index contributed by atoms with van der Waals surface area (Å²) in [6.45, 7) is 4.99. The summed E-state index contributed by atoms with van der Waals surface area (Å²) in [5.74, 6) is 2.42. The third-order valence-electron chi connectivity index (χ3n) is 3.42. The summed E-state index contributed by atoms with van der Waals surface area (Å²) in [6.07, 6.45) is 2.99. The van der Waals surface area contributed by atoms with Crippen LogP contribution in [-0.4, -0.2) is 40.9 Å². The number of carbonyl (C=O) groups is 2. The molecule has 2 rings (SSSR count). The number of thioether (sulfide) groups is 1. The van der Waals surface area contributed by atoms with Gasteiger partial charge >= 0.3 is 0 Å². The van der Waals surface area contributed by atoms with Gasteiger partial charge in [0.05, 0.1) is 5.88 Å². The van der Waals surface area contributed by atoms with Crippen LogP contribution >= 0.6 is 11.8 Å². The summed E-state index contributed by atoms with van der Waals surface area (Å²) in [5, 5.41) is 2.95. The monoisotopic (exact) mass is 270 g/mol. The fourth-order valence-corrected chi connectivity index (χ4v) is 3.21.